The average molecular weight is 282 g/mol. The Morgan fingerprint density at radius 1 is 1.20 bits per heavy atom. The van der Waals surface area contributed by atoms with E-state index in [2.05, 4.69) is 5.32 Å². The second-order valence-electron chi connectivity index (χ2n) is 6.79. The van der Waals surface area contributed by atoms with Crippen LogP contribution >= 0.6 is 0 Å². The highest BCUT2D eigenvalue weighted by molar-refractivity contribution is 5.87. The standard InChI is InChI=1S/C16H30N2O2/c1-7-8-9-12(14(17)19)13(10-11(2)3)15(20)18-16(4,5)6/h7-8,11-13H,9-10H2,1-6H3,(H2,17,19)(H,18,20)/b8-7+/t12-,13?/m0/s1. The van der Waals surface area contributed by atoms with Gasteiger partial charge in [-0.3, -0.25) is 9.59 Å². The van der Waals surface area contributed by atoms with Crippen LogP contribution in [0, 0.1) is 17.8 Å². The van der Waals surface area contributed by atoms with Gasteiger partial charge in [-0.05, 0) is 46.5 Å². The average Bonchev–Trinajstić information content (AvgIpc) is 2.24. The number of carbonyl (C=O) groups is 2. The fourth-order valence-corrected chi connectivity index (χ4v) is 2.19. The number of nitrogens with one attached hydrogen (secondary N) is 1. The number of allylic oxidation sites excluding steroid dienone is 2. The lowest BCUT2D eigenvalue weighted by Crippen LogP contribution is -2.47. The smallest absolute Gasteiger partial charge is 0.224 e. The fourth-order valence-electron chi connectivity index (χ4n) is 2.19. The van der Waals surface area contributed by atoms with E-state index in [-0.39, 0.29) is 17.4 Å². The third-order valence-corrected chi connectivity index (χ3v) is 3.04. The molecule has 0 rings (SSSR count). The largest absolute Gasteiger partial charge is 0.369 e. The number of nitrogens with two attached hydrogens (primary N) is 1. The van der Waals surface area contributed by atoms with Gasteiger partial charge >= 0.3 is 0 Å². The van der Waals surface area contributed by atoms with Gasteiger partial charge in [0.05, 0.1) is 11.8 Å². The molecule has 0 aliphatic rings. The first kappa shape index (κ1) is 18.7. The fraction of sp³-hybridized carbons (Fsp3) is 0.750. The van der Waals surface area contributed by atoms with Crippen LogP contribution in [-0.2, 0) is 9.59 Å². The molecule has 2 atom stereocenters. The van der Waals surface area contributed by atoms with Gasteiger partial charge < -0.3 is 11.1 Å². The minimum absolute atomic E-state index is 0.0838. The Kier molecular flexibility index (Phi) is 7.54. The second-order valence-corrected chi connectivity index (χ2v) is 6.79. The predicted octanol–water partition coefficient (Wildman–Crippen LogP) is 2.63. The molecule has 1 unspecified atom stereocenters. The van der Waals surface area contributed by atoms with Crippen LogP contribution < -0.4 is 11.1 Å². The van der Waals surface area contributed by atoms with Gasteiger partial charge in [0.2, 0.25) is 11.8 Å². The topological polar surface area (TPSA) is 72.2 Å². The lowest BCUT2D eigenvalue weighted by Gasteiger charge is -2.29. The van der Waals surface area contributed by atoms with E-state index in [1.54, 1.807) is 0 Å². The number of hydrogen-bond donors (Lipinski definition) is 2. The molecule has 116 valence electrons. The number of rotatable bonds is 7. The summed E-state index contributed by atoms with van der Waals surface area (Å²) >= 11 is 0. The van der Waals surface area contributed by atoms with E-state index in [1.165, 1.54) is 0 Å². The molecule has 0 aromatic rings. The maximum atomic E-state index is 12.5. The summed E-state index contributed by atoms with van der Waals surface area (Å²) in [5, 5.41) is 2.97. The van der Waals surface area contributed by atoms with Crippen molar-refractivity contribution in [3.05, 3.63) is 12.2 Å². The summed E-state index contributed by atoms with van der Waals surface area (Å²) in [5.74, 6) is -0.977. The molecule has 20 heavy (non-hydrogen) atoms. The zero-order valence-electron chi connectivity index (χ0n) is 13.7. The van der Waals surface area contributed by atoms with E-state index in [4.69, 9.17) is 5.73 Å². The van der Waals surface area contributed by atoms with Crippen molar-refractivity contribution in [3.63, 3.8) is 0 Å². The summed E-state index contributed by atoms with van der Waals surface area (Å²) in [6.07, 6.45) is 4.95. The molecule has 0 saturated heterocycles. The number of primary amides is 1. The van der Waals surface area contributed by atoms with Gasteiger partial charge in [0.15, 0.2) is 0 Å². The highest BCUT2D eigenvalue weighted by Crippen LogP contribution is 2.25. The molecule has 0 radical (unpaired) electrons. The van der Waals surface area contributed by atoms with Crippen molar-refractivity contribution in [3.8, 4) is 0 Å². The van der Waals surface area contributed by atoms with E-state index >= 15 is 0 Å². The van der Waals surface area contributed by atoms with Gasteiger partial charge in [-0.25, -0.2) is 0 Å². The van der Waals surface area contributed by atoms with Crippen LogP contribution in [0.4, 0.5) is 0 Å². The van der Waals surface area contributed by atoms with E-state index in [1.807, 2.05) is 53.7 Å². The SMILES string of the molecule is C/C=C/C[C@H](C(N)=O)C(CC(C)C)C(=O)NC(C)(C)C. The van der Waals surface area contributed by atoms with Gasteiger partial charge in [0.25, 0.3) is 0 Å². The third-order valence-electron chi connectivity index (χ3n) is 3.04. The van der Waals surface area contributed by atoms with Crippen molar-refractivity contribution in [1.29, 1.82) is 0 Å². The maximum Gasteiger partial charge on any atom is 0.224 e. The molecular weight excluding hydrogens is 252 g/mol. The monoisotopic (exact) mass is 282 g/mol. The number of amides is 2. The van der Waals surface area contributed by atoms with Crippen LogP contribution in [0.25, 0.3) is 0 Å². The van der Waals surface area contributed by atoms with Crippen molar-refractivity contribution in [1.82, 2.24) is 5.32 Å². The highest BCUT2D eigenvalue weighted by atomic mass is 16.2. The third kappa shape index (κ3) is 7.31. The molecule has 0 fully saturated rings. The zero-order chi connectivity index (χ0) is 15.9. The van der Waals surface area contributed by atoms with Crippen LogP contribution in [0.5, 0.6) is 0 Å². The molecule has 4 nitrogen and oxygen atoms in total. The predicted molar refractivity (Wildman–Crippen MR) is 83.0 cm³/mol. The van der Waals surface area contributed by atoms with E-state index in [0.29, 0.717) is 18.8 Å². The molecule has 0 saturated carbocycles. The van der Waals surface area contributed by atoms with E-state index < -0.39 is 11.8 Å². The van der Waals surface area contributed by atoms with Crippen molar-refractivity contribution < 1.29 is 9.59 Å². The van der Waals surface area contributed by atoms with Crippen LogP contribution in [0.2, 0.25) is 0 Å². The normalized spacial score (nSPS) is 15.3. The van der Waals surface area contributed by atoms with Crippen molar-refractivity contribution in [2.75, 3.05) is 0 Å². The lowest BCUT2D eigenvalue weighted by molar-refractivity contribution is -0.134. The first-order valence-corrected chi connectivity index (χ1v) is 7.31. The Morgan fingerprint density at radius 2 is 1.75 bits per heavy atom. The summed E-state index contributed by atoms with van der Waals surface area (Å²) < 4.78 is 0. The Labute approximate surface area is 123 Å². The van der Waals surface area contributed by atoms with Gasteiger partial charge in [0.1, 0.15) is 0 Å². The molecule has 3 N–H and O–H groups in total. The van der Waals surface area contributed by atoms with Gasteiger partial charge in [-0.1, -0.05) is 26.0 Å². The molecule has 4 heteroatoms. The lowest BCUT2D eigenvalue weighted by atomic mass is 9.81. The van der Waals surface area contributed by atoms with E-state index in [9.17, 15) is 9.59 Å². The molecule has 0 bridgehead atoms. The van der Waals surface area contributed by atoms with Gasteiger partial charge in [-0.15, -0.1) is 0 Å². The molecule has 0 heterocycles. The minimum Gasteiger partial charge on any atom is -0.369 e. The first-order valence-electron chi connectivity index (χ1n) is 7.31. The Bertz CT molecular complexity index is 354. The molecular formula is C16H30N2O2. The van der Waals surface area contributed by atoms with Crippen molar-refractivity contribution >= 4 is 11.8 Å². The summed E-state index contributed by atoms with van der Waals surface area (Å²) in [6, 6.07) is 0. The zero-order valence-corrected chi connectivity index (χ0v) is 13.7. The Balaban J connectivity index is 5.17. The summed E-state index contributed by atoms with van der Waals surface area (Å²) in [7, 11) is 0. The molecule has 0 aliphatic heterocycles. The van der Waals surface area contributed by atoms with Crippen molar-refractivity contribution in [2.24, 2.45) is 23.5 Å². The number of carbonyl (C=O) groups excluding carboxylic acids is 2. The summed E-state index contributed by atoms with van der Waals surface area (Å²) in [5.41, 5.74) is 5.19. The number of hydrogen-bond acceptors (Lipinski definition) is 2. The molecule has 0 aromatic heterocycles. The summed E-state index contributed by atoms with van der Waals surface area (Å²) in [4.78, 5) is 24.2. The molecule has 0 spiro atoms. The second kappa shape index (κ2) is 8.08. The molecule has 0 aliphatic carbocycles. The maximum absolute atomic E-state index is 12.5. The van der Waals surface area contributed by atoms with Crippen molar-refractivity contribution in [2.45, 2.75) is 59.9 Å². The molecule has 0 aromatic carbocycles. The minimum atomic E-state index is -0.448. The highest BCUT2D eigenvalue weighted by Gasteiger charge is 2.33. The van der Waals surface area contributed by atoms with E-state index in [0.717, 1.165) is 0 Å². The quantitative estimate of drug-likeness (QED) is 0.705. The Morgan fingerprint density at radius 3 is 2.10 bits per heavy atom. The van der Waals surface area contributed by atoms with Crippen LogP contribution in [0.1, 0.15) is 54.4 Å². The van der Waals surface area contributed by atoms with Crippen LogP contribution in [-0.4, -0.2) is 17.4 Å². The van der Waals surface area contributed by atoms with Gasteiger partial charge in [-0.2, -0.15) is 0 Å². The van der Waals surface area contributed by atoms with Crippen LogP contribution in [0.3, 0.4) is 0 Å². The first-order chi connectivity index (χ1) is 9.08. The Hall–Kier alpha value is -1.32. The summed E-state index contributed by atoms with van der Waals surface area (Å²) in [6.45, 7) is 11.8. The van der Waals surface area contributed by atoms with Crippen LogP contribution in [0.15, 0.2) is 12.2 Å². The van der Waals surface area contributed by atoms with Gasteiger partial charge in [0, 0.05) is 5.54 Å². The molecule has 2 amide bonds.